The van der Waals surface area contributed by atoms with Crippen LogP contribution in [0.2, 0.25) is 0 Å². The number of rotatable bonds is 2. The predicted molar refractivity (Wildman–Crippen MR) is 97.0 cm³/mol. The summed E-state index contributed by atoms with van der Waals surface area (Å²) in [6, 6.07) is 23.6. The molecule has 0 radical (unpaired) electrons. The number of phenolic OH excluding ortho intramolecular Hbond substituents is 1. The van der Waals surface area contributed by atoms with Gasteiger partial charge >= 0.3 is 0 Å². The molecule has 24 heavy (non-hydrogen) atoms. The molecule has 0 saturated heterocycles. The number of phenols is 1. The summed E-state index contributed by atoms with van der Waals surface area (Å²) in [6.45, 7) is 0. The maximum absolute atomic E-state index is 9.33. The highest BCUT2D eigenvalue weighted by atomic mass is 16.3. The molecule has 0 fully saturated rings. The van der Waals surface area contributed by atoms with Crippen LogP contribution in [-0.4, -0.2) is 17.0 Å². The van der Waals surface area contributed by atoms with Crippen molar-refractivity contribution in [3.05, 3.63) is 101 Å². The molecule has 1 aliphatic carbocycles. The van der Waals surface area contributed by atoms with Gasteiger partial charge in [-0.15, -0.1) is 5.10 Å². The van der Waals surface area contributed by atoms with Crippen molar-refractivity contribution in [2.24, 2.45) is 10.2 Å². The average Bonchev–Trinajstić information content (AvgIpc) is 2.63. The Morgan fingerprint density at radius 2 is 1.33 bits per heavy atom. The Bertz CT molecular complexity index is 893. The third-order valence-corrected chi connectivity index (χ3v) is 4.18. The van der Waals surface area contributed by atoms with Gasteiger partial charge in [-0.05, 0) is 47.4 Å². The molecule has 3 aromatic carbocycles. The molecule has 3 aromatic rings. The lowest BCUT2D eigenvalue weighted by molar-refractivity contribution is 0.475. The van der Waals surface area contributed by atoms with Crippen LogP contribution in [0.3, 0.4) is 0 Å². The molecular weight excluding hydrogens is 296 g/mol. The molecule has 116 valence electrons. The van der Waals surface area contributed by atoms with Crippen molar-refractivity contribution in [1.29, 1.82) is 0 Å². The minimum atomic E-state index is 0.244. The normalized spacial score (nSPS) is 12.8. The first-order valence-corrected chi connectivity index (χ1v) is 7.88. The van der Waals surface area contributed by atoms with Gasteiger partial charge in [0, 0.05) is 11.1 Å². The molecule has 4 rings (SSSR count). The zero-order valence-corrected chi connectivity index (χ0v) is 13.1. The van der Waals surface area contributed by atoms with Crippen molar-refractivity contribution in [2.75, 3.05) is 0 Å². The zero-order valence-electron chi connectivity index (χ0n) is 13.1. The van der Waals surface area contributed by atoms with E-state index in [0.29, 0.717) is 0 Å². The molecule has 3 nitrogen and oxygen atoms in total. The Labute approximate surface area is 140 Å². The highest BCUT2D eigenvalue weighted by molar-refractivity contribution is 6.16. The standard InChI is InChI=1S/C21H16N2O/c24-18-11-9-15(10-12-18)14-22-23-21-19-7-3-1-5-16(19)13-17-6-2-4-8-20(17)21/h1-12,14,24H,13H2/b22-14+. The van der Waals surface area contributed by atoms with Gasteiger partial charge in [-0.3, -0.25) is 0 Å². The van der Waals surface area contributed by atoms with Gasteiger partial charge in [0.1, 0.15) is 11.5 Å². The Hall–Kier alpha value is -3.20. The minimum absolute atomic E-state index is 0.244. The van der Waals surface area contributed by atoms with Crippen molar-refractivity contribution in [2.45, 2.75) is 6.42 Å². The molecule has 3 heteroatoms. The Kier molecular flexibility index (Phi) is 3.67. The fourth-order valence-corrected chi connectivity index (χ4v) is 2.98. The summed E-state index contributed by atoms with van der Waals surface area (Å²) in [5.41, 5.74) is 6.62. The number of hydrogen-bond acceptors (Lipinski definition) is 3. The van der Waals surface area contributed by atoms with Crippen molar-refractivity contribution >= 4 is 11.9 Å². The minimum Gasteiger partial charge on any atom is -0.508 e. The van der Waals surface area contributed by atoms with Gasteiger partial charge in [-0.2, -0.15) is 5.10 Å². The summed E-state index contributed by atoms with van der Waals surface area (Å²) in [5, 5.41) is 18.1. The Morgan fingerprint density at radius 3 is 1.96 bits per heavy atom. The van der Waals surface area contributed by atoms with E-state index in [4.69, 9.17) is 0 Å². The van der Waals surface area contributed by atoms with Crippen LogP contribution in [0.5, 0.6) is 5.75 Å². The Balaban J connectivity index is 1.75. The summed E-state index contributed by atoms with van der Waals surface area (Å²) in [4.78, 5) is 0. The third-order valence-electron chi connectivity index (χ3n) is 4.18. The highest BCUT2D eigenvalue weighted by Gasteiger charge is 2.20. The molecule has 0 heterocycles. The van der Waals surface area contributed by atoms with E-state index < -0.39 is 0 Å². The van der Waals surface area contributed by atoms with Crippen molar-refractivity contribution in [3.63, 3.8) is 0 Å². The van der Waals surface area contributed by atoms with Crippen LogP contribution in [0.15, 0.2) is 83.0 Å². The maximum atomic E-state index is 9.33. The van der Waals surface area contributed by atoms with E-state index >= 15 is 0 Å². The van der Waals surface area contributed by atoms with E-state index in [9.17, 15) is 5.11 Å². The second-order valence-electron chi connectivity index (χ2n) is 5.78. The summed E-state index contributed by atoms with van der Waals surface area (Å²) in [5.74, 6) is 0.244. The lowest BCUT2D eigenvalue weighted by Crippen LogP contribution is -2.15. The molecule has 0 unspecified atom stereocenters. The topological polar surface area (TPSA) is 45.0 Å². The van der Waals surface area contributed by atoms with Gasteiger partial charge in [0.05, 0.1) is 6.21 Å². The molecule has 0 spiro atoms. The second kappa shape index (κ2) is 6.13. The summed E-state index contributed by atoms with van der Waals surface area (Å²) < 4.78 is 0. The predicted octanol–water partition coefficient (Wildman–Crippen LogP) is 4.17. The molecule has 0 bridgehead atoms. The monoisotopic (exact) mass is 312 g/mol. The van der Waals surface area contributed by atoms with Crippen molar-refractivity contribution in [1.82, 2.24) is 0 Å². The average molecular weight is 312 g/mol. The Morgan fingerprint density at radius 1 is 0.750 bits per heavy atom. The molecular formula is C21H16N2O. The number of benzene rings is 3. The van der Waals surface area contributed by atoms with Gasteiger partial charge in [-0.25, -0.2) is 0 Å². The van der Waals surface area contributed by atoms with Crippen molar-refractivity contribution in [3.8, 4) is 5.75 Å². The van der Waals surface area contributed by atoms with Gasteiger partial charge in [0.25, 0.3) is 0 Å². The first kappa shape index (κ1) is 14.4. The lowest BCUT2D eigenvalue weighted by atomic mass is 9.85. The van der Waals surface area contributed by atoms with Crippen LogP contribution < -0.4 is 0 Å². The van der Waals surface area contributed by atoms with Gasteiger partial charge in [0.15, 0.2) is 0 Å². The smallest absolute Gasteiger partial charge is 0.115 e. The fourth-order valence-electron chi connectivity index (χ4n) is 2.98. The van der Waals surface area contributed by atoms with E-state index in [1.807, 2.05) is 24.3 Å². The van der Waals surface area contributed by atoms with E-state index in [1.165, 1.54) is 11.1 Å². The lowest BCUT2D eigenvalue weighted by Gasteiger charge is -2.20. The number of nitrogens with zero attached hydrogens (tertiary/aromatic N) is 2. The summed E-state index contributed by atoms with van der Waals surface area (Å²) >= 11 is 0. The molecule has 1 N–H and O–H groups in total. The van der Waals surface area contributed by atoms with E-state index in [2.05, 4.69) is 46.6 Å². The molecule has 0 aliphatic heterocycles. The maximum Gasteiger partial charge on any atom is 0.115 e. The van der Waals surface area contributed by atoms with Crippen LogP contribution in [0.1, 0.15) is 27.8 Å². The molecule has 0 aromatic heterocycles. The third kappa shape index (κ3) is 2.72. The van der Waals surface area contributed by atoms with Crippen LogP contribution in [0.25, 0.3) is 0 Å². The quantitative estimate of drug-likeness (QED) is 0.438. The van der Waals surface area contributed by atoms with E-state index in [-0.39, 0.29) is 5.75 Å². The molecule has 0 atom stereocenters. The fraction of sp³-hybridized carbons (Fsp3) is 0.0476. The molecule has 1 aliphatic rings. The van der Waals surface area contributed by atoms with Crippen LogP contribution in [0.4, 0.5) is 0 Å². The number of fused-ring (bicyclic) bond motifs is 2. The van der Waals surface area contributed by atoms with Crippen molar-refractivity contribution < 1.29 is 5.11 Å². The van der Waals surface area contributed by atoms with Gasteiger partial charge in [-0.1, -0.05) is 48.5 Å². The number of aromatic hydroxyl groups is 1. The van der Waals surface area contributed by atoms with Gasteiger partial charge in [0.2, 0.25) is 0 Å². The first-order chi connectivity index (χ1) is 11.8. The van der Waals surface area contributed by atoms with Gasteiger partial charge < -0.3 is 5.11 Å². The largest absolute Gasteiger partial charge is 0.508 e. The van der Waals surface area contributed by atoms with Crippen LogP contribution >= 0.6 is 0 Å². The summed E-state index contributed by atoms with van der Waals surface area (Å²) in [6.07, 6.45) is 2.62. The first-order valence-electron chi connectivity index (χ1n) is 7.88. The van der Waals surface area contributed by atoms with Crippen LogP contribution in [0, 0.1) is 0 Å². The van der Waals surface area contributed by atoms with Crippen LogP contribution in [-0.2, 0) is 6.42 Å². The SMILES string of the molecule is Oc1ccc(/C=N/N=C2c3ccccc3Cc3ccccc32)cc1. The number of hydrogen-bond donors (Lipinski definition) is 1. The highest BCUT2D eigenvalue weighted by Crippen LogP contribution is 2.27. The zero-order chi connectivity index (χ0) is 16.4. The molecule has 0 amide bonds. The van der Waals surface area contributed by atoms with E-state index in [1.54, 1.807) is 18.3 Å². The second-order valence-corrected chi connectivity index (χ2v) is 5.78. The molecule has 0 saturated carbocycles. The summed E-state index contributed by atoms with van der Waals surface area (Å²) in [7, 11) is 0. The van der Waals surface area contributed by atoms with E-state index in [0.717, 1.165) is 28.8 Å².